The van der Waals surface area contributed by atoms with Crippen LogP contribution >= 0.6 is 0 Å². The molecule has 0 aliphatic rings. The van der Waals surface area contributed by atoms with E-state index in [1.807, 2.05) is 33.8 Å². The smallest absolute Gasteiger partial charge is 0.410 e. The van der Waals surface area contributed by atoms with Crippen LogP contribution in [0.25, 0.3) is 5.70 Å². The van der Waals surface area contributed by atoms with Gasteiger partial charge in [-0.2, -0.15) is 5.10 Å². The van der Waals surface area contributed by atoms with Crippen LogP contribution in [0.2, 0.25) is 0 Å². The highest BCUT2D eigenvalue weighted by Crippen LogP contribution is 2.27. The second-order valence-electron chi connectivity index (χ2n) is 6.77. The van der Waals surface area contributed by atoms with Crippen molar-refractivity contribution in [3.05, 3.63) is 30.1 Å². The predicted octanol–water partition coefficient (Wildman–Crippen LogP) is 3.28. The Morgan fingerprint density at radius 2 is 2.12 bits per heavy atom. The normalized spacial score (nSPS) is 11.8. The van der Waals surface area contributed by atoms with Crippen molar-refractivity contribution in [2.75, 3.05) is 20.2 Å². The highest BCUT2D eigenvalue weighted by Gasteiger charge is 2.20. The molecule has 1 aromatic heterocycles. The lowest BCUT2D eigenvalue weighted by molar-refractivity contribution is 0.0278. The van der Waals surface area contributed by atoms with Crippen molar-refractivity contribution in [3.63, 3.8) is 0 Å². The Hall–Kier alpha value is -2.57. The number of hydrogen-bond acceptors (Lipinski definition) is 5. The fourth-order valence-electron chi connectivity index (χ4n) is 1.96. The second-order valence-corrected chi connectivity index (χ2v) is 6.77. The zero-order valence-corrected chi connectivity index (χ0v) is 16.0. The summed E-state index contributed by atoms with van der Waals surface area (Å²) in [6.45, 7) is 15.5. The van der Waals surface area contributed by atoms with Gasteiger partial charge in [0.2, 0.25) is 0 Å². The maximum absolute atomic E-state index is 11.9. The lowest BCUT2D eigenvalue weighted by Gasteiger charge is -2.24. The summed E-state index contributed by atoms with van der Waals surface area (Å²) in [5.74, 6) is 0.569. The highest BCUT2D eigenvalue weighted by atomic mass is 16.6. The second kappa shape index (κ2) is 8.50. The summed E-state index contributed by atoms with van der Waals surface area (Å²) in [5.41, 5.74) is 1.65. The monoisotopic (exact) mass is 348 g/mol. The minimum atomic E-state index is -0.527. The number of ether oxygens (including phenoxy) is 2. The summed E-state index contributed by atoms with van der Waals surface area (Å²) in [7, 11) is 3.46. The molecule has 0 atom stereocenters. The van der Waals surface area contributed by atoms with Crippen molar-refractivity contribution in [3.8, 4) is 5.75 Å². The molecule has 138 valence electrons. The van der Waals surface area contributed by atoms with Crippen molar-refractivity contribution >= 4 is 18.5 Å². The molecule has 7 nitrogen and oxygen atoms in total. The van der Waals surface area contributed by atoms with Crippen molar-refractivity contribution in [2.24, 2.45) is 12.0 Å². The molecular weight excluding hydrogens is 320 g/mol. The first-order chi connectivity index (χ1) is 11.5. The number of amides is 1. The number of allylic oxidation sites excluding steroid dienone is 2. The molecule has 1 amide bonds. The largest absolute Gasteiger partial charge is 0.488 e. The van der Waals surface area contributed by atoms with Crippen LogP contribution < -0.4 is 4.74 Å². The lowest BCUT2D eigenvalue weighted by Crippen LogP contribution is -2.36. The van der Waals surface area contributed by atoms with Gasteiger partial charge in [0.05, 0.1) is 18.4 Å². The predicted molar refractivity (Wildman–Crippen MR) is 99.9 cm³/mol. The van der Waals surface area contributed by atoms with E-state index in [1.54, 1.807) is 25.0 Å². The Morgan fingerprint density at radius 3 is 2.64 bits per heavy atom. The highest BCUT2D eigenvalue weighted by molar-refractivity contribution is 5.71. The average Bonchev–Trinajstić information content (AvgIpc) is 2.83. The number of carbonyl (C=O) groups excluding carboxylic acids is 1. The number of likely N-dealkylation sites (N-methyl/N-ethyl adjacent to an activating group) is 1. The number of aromatic nitrogens is 2. The standard InChI is InChI=1S/C18H28N4O3/c1-13(2)11-14(19-6)16-15(12-20-22(16)8)24-10-9-21(7)17(23)25-18(3,4)5/h11-12H,1,6,9-10H2,2-5,7-8H3/b14-11-. The molecule has 1 rings (SSSR count). The van der Waals surface area contributed by atoms with Gasteiger partial charge in [0.25, 0.3) is 0 Å². The van der Waals surface area contributed by atoms with Gasteiger partial charge in [-0.25, -0.2) is 4.79 Å². The topological polar surface area (TPSA) is 68.9 Å². The number of aryl methyl sites for hydroxylation is 1. The molecule has 7 heteroatoms. The van der Waals surface area contributed by atoms with Gasteiger partial charge < -0.3 is 14.4 Å². The molecular formula is C18H28N4O3. The SMILES string of the molecule is C=N/C(=C\C(=C)C)c1c(OCCN(C)C(=O)OC(C)(C)C)cnn1C. The summed E-state index contributed by atoms with van der Waals surface area (Å²) in [4.78, 5) is 17.4. The van der Waals surface area contributed by atoms with Crippen LogP contribution in [0.5, 0.6) is 5.75 Å². The molecule has 1 aromatic rings. The summed E-state index contributed by atoms with van der Waals surface area (Å²) in [5, 5.41) is 4.20. The van der Waals surface area contributed by atoms with Crippen LogP contribution in [0.4, 0.5) is 4.79 Å². The lowest BCUT2D eigenvalue weighted by atomic mass is 10.2. The van der Waals surface area contributed by atoms with Crippen LogP contribution in [0.1, 0.15) is 33.4 Å². The molecule has 0 aliphatic carbocycles. The molecule has 0 spiro atoms. The molecule has 0 radical (unpaired) electrons. The Kier molecular flexibility index (Phi) is 6.97. The van der Waals surface area contributed by atoms with Gasteiger partial charge in [0, 0.05) is 14.1 Å². The zero-order chi connectivity index (χ0) is 19.2. The van der Waals surface area contributed by atoms with Crippen LogP contribution in [0.3, 0.4) is 0 Å². The van der Waals surface area contributed by atoms with E-state index in [2.05, 4.69) is 23.4 Å². The van der Waals surface area contributed by atoms with Crippen molar-refractivity contribution < 1.29 is 14.3 Å². The fourth-order valence-corrected chi connectivity index (χ4v) is 1.96. The Labute approximate surface area is 149 Å². The van der Waals surface area contributed by atoms with E-state index < -0.39 is 11.7 Å². The van der Waals surface area contributed by atoms with E-state index in [0.717, 1.165) is 5.57 Å². The molecule has 0 saturated carbocycles. The third-order valence-electron chi connectivity index (χ3n) is 3.09. The van der Waals surface area contributed by atoms with E-state index >= 15 is 0 Å². The molecule has 1 heterocycles. The van der Waals surface area contributed by atoms with Crippen LogP contribution in [-0.4, -0.2) is 53.3 Å². The Bertz CT molecular complexity index is 668. The minimum absolute atomic E-state index is 0.298. The van der Waals surface area contributed by atoms with Crippen molar-refractivity contribution in [1.82, 2.24) is 14.7 Å². The first kappa shape index (κ1) is 20.5. The van der Waals surface area contributed by atoms with Gasteiger partial charge >= 0.3 is 6.09 Å². The zero-order valence-electron chi connectivity index (χ0n) is 16.0. The summed E-state index contributed by atoms with van der Waals surface area (Å²) in [6.07, 6.45) is 3.03. The molecule has 0 saturated heterocycles. The molecule has 0 aromatic carbocycles. The van der Waals surface area contributed by atoms with Gasteiger partial charge in [-0.3, -0.25) is 9.67 Å². The van der Waals surface area contributed by atoms with Gasteiger partial charge in [0.1, 0.15) is 17.9 Å². The molecule has 0 fully saturated rings. The van der Waals surface area contributed by atoms with Crippen LogP contribution in [0.15, 0.2) is 29.4 Å². The van der Waals surface area contributed by atoms with E-state index in [0.29, 0.717) is 30.3 Å². The van der Waals surface area contributed by atoms with Crippen LogP contribution in [-0.2, 0) is 11.8 Å². The summed E-state index contributed by atoms with van der Waals surface area (Å²) in [6, 6.07) is 0. The van der Waals surface area contributed by atoms with Gasteiger partial charge in [-0.1, -0.05) is 12.2 Å². The van der Waals surface area contributed by atoms with E-state index in [9.17, 15) is 4.79 Å². The first-order valence-corrected chi connectivity index (χ1v) is 7.98. The van der Waals surface area contributed by atoms with E-state index in [-0.39, 0.29) is 0 Å². The third kappa shape index (κ3) is 6.45. The molecule has 25 heavy (non-hydrogen) atoms. The van der Waals surface area contributed by atoms with Gasteiger partial charge in [0.15, 0.2) is 5.75 Å². The van der Waals surface area contributed by atoms with Gasteiger partial charge in [-0.15, -0.1) is 0 Å². The summed E-state index contributed by atoms with van der Waals surface area (Å²) < 4.78 is 12.7. The number of nitrogens with zero attached hydrogens (tertiary/aromatic N) is 4. The number of hydrogen-bond donors (Lipinski definition) is 0. The van der Waals surface area contributed by atoms with Crippen molar-refractivity contribution in [1.29, 1.82) is 0 Å². The first-order valence-electron chi connectivity index (χ1n) is 7.98. The number of aliphatic imine (C=N–C) groups is 1. The van der Waals surface area contributed by atoms with Gasteiger partial charge in [-0.05, 0) is 40.5 Å². The minimum Gasteiger partial charge on any atom is -0.488 e. The Balaban J connectivity index is 2.75. The quantitative estimate of drug-likeness (QED) is 0.560. The molecule has 0 aliphatic heterocycles. The average molecular weight is 348 g/mol. The number of rotatable bonds is 7. The molecule has 0 N–H and O–H groups in total. The third-order valence-corrected chi connectivity index (χ3v) is 3.09. The Morgan fingerprint density at radius 1 is 1.48 bits per heavy atom. The van der Waals surface area contributed by atoms with Crippen molar-refractivity contribution in [2.45, 2.75) is 33.3 Å². The van der Waals surface area contributed by atoms with E-state index in [1.165, 1.54) is 4.90 Å². The van der Waals surface area contributed by atoms with Crippen LogP contribution in [0, 0.1) is 0 Å². The molecule has 0 unspecified atom stereocenters. The maximum atomic E-state index is 11.9. The summed E-state index contributed by atoms with van der Waals surface area (Å²) >= 11 is 0. The fraction of sp³-hybridized carbons (Fsp3) is 0.500. The molecule has 0 bridgehead atoms. The van der Waals surface area contributed by atoms with E-state index in [4.69, 9.17) is 9.47 Å². The maximum Gasteiger partial charge on any atom is 0.410 e. The number of carbonyl (C=O) groups is 1.